The molecule has 0 radical (unpaired) electrons. The van der Waals surface area contributed by atoms with Crippen molar-refractivity contribution in [1.29, 1.82) is 0 Å². The molecule has 0 amide bonds. The Morgan fingerprint density at radius 3 is 2.36 bits per heavy atom. The molecule has 2 atom stereocenters. The van der Waals surface area contributed by atoms with Crippen LogP contribution in [0.1, 0.15) is 34.3 Å². The van der Waals surface area contributed by atoms with Gasteiger partial charge in [0, 0.05) is 11.1 Å². The normalized spacial score (nSPS) is 20.4. The van der Waals surface area contributed by atoms with Gasteiger partial charge in [-0.25, -0.2) is 0 Å². The van der Waals surface area contributed by atoms with Gasteiger partial charge in [0.2, 0.25) is 0 Å². The van der Waals surface area contributed by atoms with E-state index < -0.39 is 0 Å². The van der Waals surface area contributed by atoms with Gasteiger partial charge in [-0.15, -0.1) is 0 Å². The minimum atomic E-state index is -0.0909. The molecule has 2 aromatic carbocycles. The summed E-state index contributed by atoms with van der Waals surface area (Å²) in [4.78, 5) is 13.0. The number of carbonyl (C=O) groups excluding carboxylic acids is 1. The van der Waals surface area contributed by atoms with E-state index >= 15 is 0 Å². The summed E-state index contributed by atoms with van der Waals surface area (Å²) >= 11 is 0. The van der Waals surface area contributed by atoms with Crippen LogP contribution in [0, 0.1) is 5.92 Å². The standard InChI is InChI=1S/C19H20O3/c1-12-11-15-14(9-10-16(21-2)19(15)22-3)18(20)17(12)13-7-5-4-6-8-13/h4-10,12,17H,11H2,1-3H3. The molecule has 3 rings (SSSR count). The van der Waals surface area contributed by atoms with Crippen LogP contribution in [0.4, 0.5) is 0 Å². The smallest absolute Gasteiger partial charge is 0.171 e. The van der Waals surface area contributed by atoms with Gasteiger partial charge in [-0.3, -0.25) is 4.79 Å². The summed E-state index contributed by atoms with van der Waals surface area (Å²) in [5.41, 5.74) is 2.80. The van der Waals surface area contributed by atoms with Gasteiger partial charge >= 0.3 is 0 Å². The number of hydrogen-bond acceptors (Lipinski definition) is 3. The van der Waals surface area contributed by atoms with Crippen molar-refractivity contribution in [3.05, 3.63) is 59.2 Å². The second kappa shape index (κ2) is 5.84. The van der Waals surface area contributed by atoms with Gasteiger partial charge in [-0.1, -0.05) is 37.3 Å². The molecule has 2 aromatic rings. The highest BCUT2D eigenvalue weighted by molar-refractivity contribution is 6.04. The van der Waals surface area contributed by atoms with Crippen molar-refractivity contribution in [3.63, 3.8) is 0 Å². The first-order valence-corrected chi connectivity index (χ1v) is 7.50. The Bertz CT molecular complexity index is 691. The van der Waals surface area contributed by atoms with E-state index in [-0.39, 0.29) is 17.6 Å². The minimum Gasteiger partial charge on any atom is -0.493 e. The first-order chi connectivity index (χ1) is 10.7. The number of benzene rings is 2. The average molecular weight is 296 g/mol. The molecule has 22 heavy (non-hydrogen) atoms. The summed E-state index contributed by atoms with van der Waals surface area (Å²) in [6.07, 6.45) is 0.807. The van der Waals surface area contributed by atoms with Crippen LogP contribution in [0.5, 0.6) is 11.5 Å². The predicted molar refractivity (Wildman–Crippen MR) is 85.9 cm³/mol. The van der Waals surface area contributed by atoms with Crippen molar-refractivity contribution in [2.45, 2.75) is 19.3 Å². The Hall–Kier alpha value is -2.29. The molecule has 0 bridgehead atoms. The monoisotopic (exact) mass is 296 g/mol. The number of ether oxygens (including phenoxy) is 2. The highest BCUT2D eigenvalue weighted by Crippen LogP contribution is 2.43. The van der Waals surface area contributed by atoms with Crippen LogP contribution in [-0.4, -0.2) is 20.0 Å². The highest BCUT2D eigenvalue weighted by Gasteiger charge is 2.36. The van der Waals surface area contributed by atoms with Crippen molar-refractivity contribution in [1.82, 2.24) is 0 Å². The van der Waals surface area contributed by atoms with Gasteiger partial charge in [-0.2, -0.15) is 0 Å². The summed E-state index contributed by atoms with van der Waals surface area (Å²) in [5.74, 6) is 1.67. The van der Waals surface area contributed by atoms with Crippen LogP contribution in [0.25, 0.3) is 0 Å². The fourth-order valence-corrected chi connectivity index (χ4v) is 3.43. The zero-order valence-electron chi connectivity index (χ0n) is 13.1. The lowest BCUT2D eigenvalue weighted by atomic mass is 9.72. The molecule has 0 N–H and O–H groups in total. The Kier molecular flexibility index (Phi) is 3.88. The van der Waals surface area contributed by atoms with Crippen LogP contribution < -0.4 is 9.47 Å². The molecule has 1 aliphatic carbocycles. The zero-order valence-corrected chi connectivity index (χ0v) is 13.1. The lowest BCUT2D eigenvalue weighted by Gasteiger charge is -2.31. The minimum absolute atomic E-state index is 0.0909. The Balaban J connectivity index is 2.10. The number of rotatable bonds is 3. The molecule has 0 heterocycles. The summed E-state index contributed by atoms with van der Waals surface area (Å²) in [5, 5.41) is 0. The number of ketones is 1. The molecule has 0 saturated carbocycles. The zero-order chi connectivity index (χ0) is 15.7. The average Bonchev–Trinajstić information content (AvgIpc) is 2.54. The van der Waals surface area contributed by atoms with E-state index in [0.29, 0.717) is 11.5 Å². The van der Waals surface area contributed by atoms with E-state index in [0.717, 1.165) is 23.1 Å². The molecule has 114 valence electrons. The van der Waals surface area contributed by atoms with Crippen LogP contribution in [0.2, 0.25) is 0 Å². The summed E-state index contributed by atoms with van der Waals surface area (Å²) < 4.78 is 10.8. The maximum atomic E-state index is 13.0. The fourth-order valence-electron chi connectivity index (χ4n) is 3.43. The third-order valence-electron chi connectivity index (χ3n) is 4.45. The number of Topliss-reactive ketones (excluding diaryl/α,β-unsaturated/α-hetero) is 1. The van der Waals surface area contributed by atoms with Gasteiger partial charge in [0.05, 0.1) is 20.1 Å². The van der Waals surface area contributed by atoms with Crippen LogP contribution >= 0.6 is 0 Å². The van der Waals surface area contributed by atoms with E-state index in [4.69, 9.17) is 9.47 Å². The lowest BCUT2D eigenvalue weighted by molar-refractivity contribution is 0.0918. The van der Waals surface area contributed by atoms with Crippen LogP contribution in [0.15, 0.2) is 42.5 Å². The number of hydrogen-bond donors (Lipinski definition) is 0. The number of carbonyl (C=O) groups is 1. The molecule has 3 nitrogen and oxygen atoms in total. The summed E-state index contributed by atoms with van der Waals surface area (Å²) in [6.45, 7) is 2.12. The van der Waals surface area contributed by atoms with Crippen LogP contribution in [-0.2, 0) is 6.42 Å². The van der Waals surface area contributed by atoms with Crippen LogP contribution in [0.3, 0.4) is 0 Å². The van der Waals surface area contributed by atoms with Gasteiger partial charge in [0.1, 0.15) is 0 Å². The molecule has 0 spiro atoms. The molecule has 0 aliphatic heterocycles. The van der Waals surface area contributed by atoms with Crippen molar-refractivity contribution in [3.8, 4) is 11.5 Å². The van der Waals surface area contributed by atoms with Gasteiger partial charge < -0.3 is 9.47 Å². The maximum absolute atomic E-state index is 13.0. The predicted octanol–water partition coefficient (Wildman–Crippen LogP) is 3.86. The van der Waals surface area contributed by atoms with E-state index in [1.807, 2.05) is 42.5 Å². The largest absolute Gasteiger partial charge is 0.493 e. The number of methoxy groups -OCH3 is 2. The van der Waals surface area contributed by atoms with E-state index in [1.165, 1.54) is 0 Å². The van der Waals surface area contributed by atoms with E-state index in [2.05, 4.69) is 6.92 Å². The molecular weight excluding hydrogens is 276 g/mol. The van der Waals surface area contributed by atoms with Crippen molar-refractivity contribution >= 4 is 5.78 Å². The van der Waals surface area contributed by atoms with Gasteiger partial charge in [-0.05, 0) is 30.0 Å². The van der Waals surface area contributed by atoms with Crippen molar-refractivity contribution in [2.75, 3.05) is 14.2 Å². The van der Waals surface area contributed by atoms with E-state index in [1.54, 1.807) is 14.2 Å². The third-order valence-corrected chi connectivity index (χ3v) is 4.45. The molecule has 0 aromatic heterocycles. The molecule has 3 heteroatoms. The Morgan fingerprint density at radius 2 is 1.73 bits per heavy atom. The maximum Gasteiger partial charge on any atom is 0.171 e. The van der Waals surface area contributed by atoms with Gasteiger partial charge in [0.25, 0.3) is 0 Å². The summed E-state index contributed by atoms with van der Waals surface area (Å²) in [7, 11) is 3.24. The summed E-state index contributed by atoms with van der Waals surface area (Å²) in [6, 6.07) is 13.7. The van der Waals surface area contributed by atoms with Crippen molar-refractivity contribution < 1.29 is 14.3 Å². The SMILES string of the molecule is COc1ccc2c(c1OC)CC(C)C(c1ccccc1)C2=O. The molecule has 0 fully saturated rings. The van der Waals surface area contributed by atoms with E-state index in [9.17, 15) is 4.79 Å². The fraction of sp³-hybridized carbons (Fsp3) is 0.316. The van der Waals surface area contributed by atoms with Crippen molar-refractivity contribution in [2.24, 2.45) is 5.92 Å². The Morgan fingerprint density at radius 1 is 1.00 bits per heavy atom. The second-order valence-electron chi connectivity index (χ2n) is 5.76. The molecular formula is C19H20O3. The molecule has 0 saturated heterocycles. The third kappa shape index (κ3) is 2.27. The first-order valence-electron chi connectivity index (χ1n) is 7.50. The molecule has 1 aliphatic rings. The molecule has 2 unspecified atom stereocenters. The second-order valence-corrected chi connectivity index (χ2v) is 5.76. The lowest BCUT2D eigenvalue weighted by Crippen LogP contribution is -2.28. The quantitative estimate of drug-likeness (QED) is 0.862. The highest BCUT2D eigenvalue weighted by atomic mass is 16.5. The topological polar surface area (TPSA) is 35.5 Å². The first kappa shape index (κ1) is 14.6. The number of fused-ring (bicyclic) bond motifs is 1. The van der Waals surface area contributed by atoms with Gasteiger partial charge in [0.15, 0.2) is 17.3 Å². The Labute approximate surface area is 130 Å².